The maximum Gasteiger partial charge on any atom is 2.00 e. The SMILES string of the molecule is CC(C)(C)[PH+](CCNCC[PH+](C(C)(C)C)C(C)(C)C)C(C)(C)C.[Cl-].[Rh+2].c1ccc([PH+](c2ccccc2)c2ccccc2)cc1. The van der Waals surface area contributed by atoms with E-state index < -0.39 is 7.92 Å². The number of rotatable bonds is 9. The van der Waals surface area contributed by atoms with Crippen molar-refractivity contribution < 1.29 is 31.9 Å². The first kappa shape index (κ1) is 43.8. The topological polar surface area (TPSA) is 12.0 Å². The van der Waals surface area contributed by atoms with Gasteiger partial charge >= 0.3 is 19.5 Å². The average molecular weight is 765 g/mol. The molecular weight excluding hydrogens is 702 g/mol. The quantitative estimate of drug-likeness (QED) is 0.152. The molecule has 0 atom stereocenters. The molecule has 0 unspecified atom stereocenters. The summed E-state index contributed by atoms with van der Waals surface area (Å²) in [5.41, 5.74) is 0. The van der Waals surface area contributed by atoms with Crippen LogP contribution < -0.4 is 33.6 Å². The number of hydrogen-bond acceptors (Lipinski definition) is 1. The minimum absolute atomic E-state index is 0. The summed E-state index contributed by atoms with van der Waals surface area (Å²) in [6, 6.07) is 32.5. The van der Waals surface area contributed by atoms with Crippen LogP contribution in [0, 0.1) is 0 Å². The Labute approximate surface area is 295 Å². The molecule has 0 aromatic heterocycles. The minimum Gasteiger partial charge on any atom is -1.00 e. The zero-order valence-corrected chi connectivity index (χ0v) is 35.1. The second-order valence-electron chi connectivity index (χ2n) is 15.7. The van der Waals surface area contributed by atoms with Gasteiger partial charge in [-0.05, 0) is 119 Å². The van der Waals surface area contributed by atoms with E-state index in [9.17, 15) is 0 Å². The number of benzene rings is 3. The molecule has 247 valence electrons. The third-order valence-electron chi connectivity index (χ3n) is 7.91. The van der Waals surface area contributed by atoms with Crippen molar-refractivity contribution in [2.24, 2.45) is 0 Å². The fourth-order valence-corrected chi connectivity index (χ4v) is 17.5. The Balaban J connectivity index is 0.000000812. The Morgan fingerprint density at radius 2 is 0.659 bits per heavy atom. The van der Waals surface area contributed by atoms with Crippen LogP contribution in [0.3, 0.4) is 0 Å². The largest absolute Gasteiger partial charge is 2.00 e. The summed E-state index contributed by atoms with van der Waals surface area (Å²) in [4.78, 5) is 0. The van der Waals surface area contributed by atoms with Crippen molar-refractivity contribution in [1.82, 2.24) is 5.32 Å². The molecule has 0 bridgehead atoms. The van der Waals surface area contributed by atoms with E-state index in [0.29, 0.717) is 20.6 Å². The van der Waals surface area contributed by atoms with Gasteiger partial charge in [-0.25, -0.2) is 0 Å². The summed E-state index contributed by atoms with van der Waals surface area (Å²) >= 11 is 0. The monoisotopic (exact) mass is 764 g/mol. The van der Waals surface area contributed by atoms with Crippen molar-refractivity contribution in [3.05, 3.63) is 91.0 Å². The molecule has 0 amide bonds. The van der Waals surface area contributed by atoms with Crippen molar-refractivity contribution in [2.75, 3.05) is 25.4 Å². The molecule has 3 aromatic carbocycles. The van der Waals surface area contributed by atoms with Crippen molar-refractivity contribution in [3.8, 4) is 0 Å². The van der Waals surface area contributed by atoms with Gasteiger partial charge in [-0.1, -0.05) is 54.6 Å². The first-order valence-electron chi connectivity index (χ1n) is 15.9. The van der Waals surface area contributed by atoms with Crippen LogP contribution in [0.1, 0.15) is 83.1 Å². The van der Waals surface area contributed by atoms with E-state index in [4.69, 9.17) is 0 Å². The molecule has 0 saturated heterocycles. The van der Waals surface area contributed by atoms with Gasteiger partial charge in [-0.3, -0.25) is 0 Å². The molecule has 44 heavy (non-hydrogen) atoms. The second-order valence-corrected chi connectivity index (χ2v) is 27.1. The van der Waals surface area contributed by atoms with Crippen LogP contribution in [0.5, 0.6) is 0 Å². The molecule has 1 N–H and O–H groups in total. The zero-order valence-electron chi connectivity index (χ0n) is 29.7. The van der Waals surface area contributed by atoms with Gasteiger partial charge < -0.3 is 17.7 Å². The molecule has 3 aromatic rings. The molecule has 6 heteroatoms. The van der Waals surface area contributed by atoms with Crippen LogP contribution in [0.15, 0.2) is 91.0 Å². The van der Waals surface area contributed by atoms with Crippen LogP contribution >= 0.6 is 23.8 Å². The third-order valence-corrected chi connectivity index (χ3v) is 19.4. The van der Waals surface area contributed by atoms with Crippen molar-refractivity contribution >= 4 is 39.7 Å². The molecule has 3 rings (SSSR count). The maximum absolute atomic E-state index is 3.79. The molecule has 1 radical (unpaired) electrons. The maximum atomic E-state index is 3.79. The Kier molecular flexibility index (Phi) is 19.5. The Bertz CT molecular complexity index is 993. The van der Waals surface area contributed by atoms with Gasteiger partial charge in [0.2, 0.25) is 0 Å². The predicted molar refractivity (Wildman–Crippen MR) is 205 cm³/mol. The fraction of sp³-hybridized carbons (Fsp3) is 0.526. The molecule has 0 aliphatic rings. The Morgan fingerprint density at radius 3 is 0.864 bits per heavy atom. The smallest absolute Gasteiger partial charge is 1.00 e. The van der Waals surface area contributed by atoms with Crippen LogP contribution in [0.25, 0.3) is 0 Å². The van der Waals surface area contributed by atoms with Crippen molar-refractivity contribution in [3.63, 3.8) is 0 Å². The number of halogens is 1. The standard InChI is InChI=1S/C20H45NP2.C18H15P.ClH.Rh/c1-17(2,3)22(18(4,5)6)15-13-21-14-16-23(19(7,8)9)20(10,11)12;1-4-10-16(11-5-1)19(17-12-6-2-7-13-17)18-14-8-3-9-15-18;;/h21H,13-16H2,1-12H3;1-15H;1H;/q;;;+2/p+2. The average Bonchev–Trinajstić information content (AvgIpc) is 2.87. The second kappa shape index (κ2) is 19.6. The van der Waals surface area contributed by atoms with E-state index in [-0.39, 0.29) is 47.7 Å². The van der Waals surface area contributed by atoms with E-state index in [0.717, 1.165) is 0 Å². The summed E-state index contributed by atoms with van der Waals surface area (Å²) in [6.07, 6.45) is 2.76. The molecule has 0 aliphatic carbocycles. The van der Waals surface area contributed by atoms with Crippen molar-refractivity contribution in [2.45, 2.75) is 104 Å². The van der Waals surface area contributed by atoms with Gasteiger partial charge in [0.15, 0.2) is 0 Å². The van der Waals surface area contributed by atoms with E-state index in [1.54, 1.807) is 0 Å². The number of nitrogens with one attached hydrogen (secondary N) is 1. The minimum atomic E-state index is -0.877. The molecule has 0 heterocycles. The van der Waals surface area contributed by atoms with E-state index in [1.807, 2.05) is 0 Å². The first-order valence-corrected chi connectivity index (χ1v) is 20.8. The van der Waals surface area contributed by atoms with E-state index in [2.05, 4.69) is 179 Å². The summed E-state index contributed by atoms with van der Waals surface area (Å²) in [5, 5.41) is 10.0. The Morgan fingerprint density at radius 1 is 0.432 bits per heavy atom. The predicted octanol–water partition coefficient (Wildman–Crippen LogP) is 6.38. The van der Waals surface area contributed by atoms with E-state index in [1.165, 1.54) is 41.3 Å². The van der Waals surface area contributed by atoms with Gasteiger partial charge in [0, 0.05) is 28.9 Å². The van der Waals surface area contributed by atoms with Crippen LogP contribution in [0.2, 0.25) is 0 Å². The van der Waals surface area contributed by atoms with Crippen LogP contribution in [-0.4, -0.2) is 46.0 Å². The summed E-state index contributed by atoms with van der Waals surface area (Å²) in [7, 11) is -1.65. The molecular formula is C38H63ClNP3Rh+4. The first-order chi connectivity index (χ1) is 19.4. The summed E-state index contributed by atoms with van der Waals surface area (Å²) in [6.45, 7) is 31.6. The molecule has 0 aliphatic heterocycles. The van der Waals surface area contributed by atoms with Crippen LogP contribution in [0.4, 0.5) is 0 Å². The zero-order chi connectivity index (χ0) is 31.6. The van der Waals surface area contributed by atoms with Gasteiger partial charge in [-0.15, -0.1) is 0 Å². The summed E-state index contributed by atoms with van der Waals surface area (Å²) < 4.78 is 0. The normalized spacial score (nSPS) is 12.3. The van der Waals surface area contributed by atoms with E-state index >= 15 is 0 Å². The van der Waals surface area contributed by atoms with Crippen LogP contribution in [-0.2, 0) is 19.5 Å². The molecule has 0 saturated carbocycles. The Hall–Kier alpha value is -0.177. The molecule has 1 nitrogen and oxygen atoms in total. The summed E-state index contributed by atoms with van der Waals surface area (Å²) in [5.74, 6) is 0. The fourth-order valence-electron chi connectivity index (χ4n) is 6.62. The van der Waals surface area contributed by atoms with Gasteiger partial charge in [0.25, 0.3) is 0 Å². The van der Waals surface area contributed by atoms with Gasteiger partial charge in [0.05, 0.1) is 40.9 Å². The van der Waals surface area contributed by atoms with Gasteiger partial charge in [0.1, 0.15) is 15.9 Å². The molecule has 0 fully saturated rings. The third kappa shape index (κ3) is 15.2. The number of hydrogen-bond donors (Lipinski definition) is 1. The molecule has 0 spiro atoms. The van der Waals surface area contributed by atoms with Crippen molar-refractivity contribution in [1.29, 1.82) is 0 Å². The van der Waals surface area contributed by atoms with Gasteiger partial charge in [-0.2, -0.15) is 0 Å².